The van der Waals surface area contributed by atoms with Gasteiger partial charge in [-0.25, -0.2) is 18.4 Å². The highest BCUT2D eigenvalue weighted by atomic mass is 35.5. The summed E-state index contributed by atoms with van der Waals surface area (Å²) in [6.45, 7) is 2.88. The van der Waals surface area contributed by atoms with Crippen LogP contribution in [0.5, 0.6) is 0 Å². The number of aromatic nitrogens is 2. The van der Waals surface area contributed by atoms with Gasteiger partial charge in [0.2, 0.25) is 0 Å². The molecule has 1 amide bonds. The lowest BCUT2D eigenvalue weighted by molar-refractivity contribution is 0.0694. The summed E-state index contributed by atoms with van der Waals surface area (Å²) in [6, 6.07) is 15.2. The molecule has 3 heterocycles. The van der Waals surface area contributed by atoms with E-state index in [1.54, 1.807) is 30.5 Å². The first-order valence-corrected chi connectivity index (χ1v) is 14.4. The molecule has 1 saturated heterocycles. The molecule has 0 radical (unpaired) electrons. The molecule has 1 aliphatic rings. The summed E-state index contributed by atoms with van der Waals surface area (Å²) in [7, 11) is -3.85. The average Bonchev–Trinajstić information content (AvgIpc) is 3.26. The van der Waals surface area contributed by atoms with E-state index in [0.29, 0.717) is 35.3 Å². The van der Waals surface area contributed by atoms with Crippen LogP contribution in [0.25, 0.3) is 10.2 Å². The van der Waals surface area contributed by atoms with Gasteiger partial charge in [0, 0.05) is 25.0 Å². The number of carbonyl (C=O) groups is 1. The zero-order valence-corrected chi connectivity index (χ0v) is 22.6. The van der Waals surface area contributed by atoms with Crippen molar-refractivity contribution in [3.63, 3.8) is 0 Å². The van der Waals surface area contributed by atoms with Gasteiger partial charge in [0.1, 0.15) is 16.8 Å². The number of rotatable bonds is 6. The van der Waals surface area contributed by atoms with E-state index in [-0.39, 0.29) is 10.8 Å². The van der Waals surface area contributed by atoms with Crippen LogP contribution in [0, 0.1) is 6.92 Å². The Bertz CT molecular complexity index is 1560. The van der Waals surface area contributed by atoms with Crippen molar-refractivity contribution in [1.82, 2.24) is 20.2 Å². The SMILES string of the molecule is Cc1ccc2sc(NS(=O)(=O)c3ccc(Nc4ncccc4C(=O)N4CCNC(Cl)C4Cl)cc3)nc2c1. The molecule has 1 aliphatic heterocycles. The Kier molecular flexibility index (Phi) is 7.24. The van der Waals surface area contributed by atoms with Crippen LogP contribution < -0.4 is 15.4 Å². The molecular formula is C24H22Cl2N6O3S2. The second-order valence-electron chi connectivity index (χ2n) is 8.37. The van der Waals surface area contributed by atoms with Crippen molar-refractivity contribution in [2.24, 2.45) is 0 Å². The molecule has 0 bridgehead atoms. The Balaban J connectivity index is 1.32. The number of amides is 1. The van der Waals surface area contributed by atoms with Crippen molar-refractivity contribution in [3.05, 3.63) is 71.9 Å². The number of nitrogens with zero attached hydrogens (tertiary/aromatic N) is 3. The van der Waals surface area contributed by atoms with Gasteiger partial charge in [-0.05, 0) is 61.0 Å². The lowest BCUT2D eigenvalue weighted by Crippen LogP contribution is -2.55. The molecule has 2 atom stereocenters. The third kappa shape index (κ3) is 5.51. The first-order chi connectivity index (χ1) is 17.7. The summed E-state index contributed by atoms with van der Waals surface area (Å²) in [4.78, 5) is 23.4. The van der Waals surface area contributed by atoms with Crippen LogP contribution in [-0.2, 0) is 10.0 Å². The second kappa shape index (κ2) is 10.4. The van der Waals surface area contributed by atoms with Gasteiger partial charge in [-0.3, -0.25) is 14.8 Å². The number of benzene rings is 2. The molecule has 1 fully saturated rings. The van der Waals surface area contributed by atoms with Crippen molar-refractivity contribution in [3.8, 4) is 0 Å². The van der Waals surface area contributed by atoms with Gasteiger partial charge < -0.3 is 10.2 Å². The highest BCUT2D eigenvalue weighted by molar-refractivity contribution is 7.93. The van der Waals surface area contributed by atoms with Crippen molar-refractivity contribution >= 4 is 77.3 Å². The van der Waals surface area contributed by atoms with E-state index >= 15 is 0 Å². The number of anilines is 3. The third-order valence-corrected chi connectivity index (χ3v) is 9.17. The smallest absolute Gasteiger partial charge is 0.263 e. The fourth-order valence-electron chi connectivity index (χ4n) is 3.86. The van der Waals surface area contributed by atoms with Gasteiger partial charge in [0.05, 0.1) is 20.7 Å². The molecule has 4 aromatic rings. The molecule has 0 aliphatic carbocycles. The van der Waals surface area contributed by atoms with Crippen LogP contribution in [0.15, 0.2) is 65.7 Å². The first-order valence-electron chi connectivity index (χ1n) is 11.3. The number of nitrogens with one attached hydrogen (secondary N) is 3. The van der Waals surface area contributed by atoms with Crippen LogP contribution in [0.4, 0.5) is 16.6 Å². The van der Waals surface area contributed by atoms with E-state index in [4.69, 9.17) is 23.2 Å². The van der Waals surface area contributed by atoms with Gasteiger partial charge in [0.25, 0.3) is 15.9 Å². The molecule has 3 N–H and O–H groups in total. The number of aryl methyl sites for hydroxylation is 1. The number of alkyl halides is 2. The topological polar surface area (TPSA) is 116 Å². The van der Waals surface area contributed by atoms with E-state index in [0.717, 1.165) is 15.8 Å². The van der Waals surface area contributed by atoms with E-state index in [2.05, 4.69) is 25.3 Å². The third-order valence-electron chi connectivity index (χ3n) is 5.72. The molecule has 2 aromatic carbocycles. The van der Waals surface area contributed by atoms with Crippen LogP contribution in [0.2, 0.25) is 0 Å². The van der Waals surface area contributed by atoms with E-state index in [9.17, 15) is 13.2 Å². The molecule has 0 spiro atoms. The number of piperazine rings is 1. The second-order valence-corrected chi connectivity index (χ2v) is 12.0. The number of hydrogen-bond donors (Lipinski definition) is 3. The maximum atomic E-state index is 13.2. The van der Waals surface area contributed by atoms with Crippen LogP contribution in [0.1, 0.15) is 15.9 Å². The summed E-state index contributed by atoms with van der Waals surface area (Å²) in [5.41, 5.74) is 1.39. The number of sulfonamides is 1. The molecule has 0 saturated carbocycles. The maximum Gasteiger partial charge on any atom is 0.263 e. The lowest BCUT2D eigenvalue weighted by Gasteiger charge is -2.35. The van der Waals surface area contributed by atoms with Crippen molar-refractivity contribution in [1.29, 1.82) is 0 Å². The standard InChI is InChI=1S/C24H22Cl2N6O3S2/c1-14-4-9-19-18(13-14)30-24(36-19)31-37(34,35)16-7-5-15(6-8-16)29-22-17(3-2-10-28-22)23(33)32-12-11-27-20(25)21(32)26/h2-10,13,20-21,27H,11-12H2,1H3,(H,28,29)(H,30,31). The number of pyridine rings is 1. The quantitative estimate of drug-likeness (QED) is 0.224. The average molecular weight is 578 g/mol. The lowest BCUT2D eigenvalue weighted by atomic mass is 10.2. The number of halogens is 2. The van der Waals surface area contributed by atoms with Gasteiger partial charge in [-0.1, -0.05) is 29.0 Å². The normalized spacial score (nSPS) is 18.1. The first kappa shape index (κ1) is 25.7. The minimum atomic E-state index is -3.85. The Morgan fingerprint density at radius 3 is 2.73 bits per heavy atom. The zero-order valence-electron chi connectivity index (χ0n) is 19.5. The number of hydrogen-bond acceptors (Lipinski definition) is 8. The van der Waals surface area contributed by atoms with Gasteiger partial charge in [0.15, 0.2) is 5.13 Å². The Morgan fingerprint density at radius 1 is 1.16 bits per heavy atom. The van der Waals surface area contributed by atoms with Gasteiger partial charge in [-0.2, -0.15) is 0 Å². The van der Waals surface area contributed by atoms with Crippen molar-refractivity contribution in [2.45, 2.75) is 22.8 Å². The highest BCUT2D eigenvalue weighted by Gasteiger charge is 2.33. The summed E-state index contributed by atoms with van der Waals surface area (Å²) < 4.78 is 29.3. The molecule has 5 rings (SSSR count). The summed E-state index contributed by atoms with van der Waals surface area (Å²) in [6.07, 6.45) is 1.56. The fraction of sp³-hybridized carbons (Fsp3) is 0.208. The molecule has 2 unspecified atom stereocenters. The van der Waals surface area contributed by atoms with E-state index in [1.165, 1.54) is 28.4 Å². The Labute approximate surface area is 227 Å². The molecule has 37 heavy (non-hydrogen) atoms. The van der Waals surface area contributed by atoms with E-state index in [1.807, 2.05) is 25.1 Å². The maximum absolute atomic E-state index is 13.2. The summed E-state index contributed by atoms with van der Waals surface area (Å²) in [5.74, 6) is 0.0108. The molecular weight excluding hydrogens is 555 g/mol. The largest absolute Gasteiger partial charge is 0.340 e. The predicted octanol–water partition coefficient (Wildman–Crippen LogP) is 4.72. The summed E-state index contributed by atoms with van der Waals surface area (Å²) in [5, 5.41) is 6.40. The van der Waals surface area contributed by atoms with Crippen LogP contribution in [0.3, 0.4) is 0 Å². The monoisotopic (exact) mass is 576 g/mol. The van der Waals surface area contributed by atoms with Gasteiger partial charge in [-0.15, -0.1) is 11.6 Å². The predicted molar refractivity (Wildman–Crippen MR) is 147 cm³/mol. The number of fused-ring (bicyclic) bond motifs is 1. The van der Waals surface area contributed by atoms with Gasteiger partial charge >= 0.3 is 0 Å². The minimum Gasteiger partial charge on any atom is -0.340 e. The van der Waals surface area contributed by atoms with Crippen molar-refractivity contribution < 1.29 is 13.2 Å². The molecule has 9 nitrogen and oxygen atoms in total. The summed E-state index contributed by atoms with van der Waals surface area (Å²) >= 11 is 13.8. The Hall–Kier alpha value is -2.96. The molecule has 13 heteroatoms. The molecule has 192 valence electrons. The van der Waals surface area contributed by atoms with Crippen molar-refractivity contribution in [2.75, 3.05) is 23.1 Å². The number of carbonyl (C=O) groups excluding carboxylic acids is 1. The fourth-order valence-corrected chi connectivity index (χ4v) is 6.46. The van der Waals surface area contributed by atoms with E-state index < -0.39 is 21.0 Å². The zero-order chi connectivity index (χ0) is 26.2. The van der Waals surface area contributed by atoms with Crippen LogP contribution in [-0.4, -0.2) is 53.3 Å². The number of thiazole rings is 1. The Morgan fingerprint density at radius 2 is 1.95 bits per heavy atom. The highest BCUT2D eigenvalue weighted by Crippen LogP contribution is 2.29. The minimum absolute atomic E-state index is 0.0739. The van der Waals surface area contributed by atoms with Crippen LogP contribution >= 0.6 is 34.5 Å². The molecule has 2 aromatic heterocycles.